The number of sulfone groups is 1. The maximum Gasteiger partial charge on any atom is 0.341 e. The molecule has 0 atom stereocenters. The molecule has 0 spiro atoms. The van der Waals surface area contributed by atoms with Gasteiger partial charge in [0.15, 0.2) is 0 Å². The summed E-state index contributed by atoms with van der Waals surface area (Å²) in [5.41, 5.74) is 0.733. The molecule has 0 radical (unpaired) electrons. The molecule has 18 heavy (non-hydrogen) atoms. The van der Waals surface area contributed by atoms with Crippen molar-refractivity contribution in [2.24, 2.45) is 0 Å². The zero-order chi connectivity index (χ0) is 13.2. The Morgan fingerprint density at radius 3 is 2.17 bits per heavy atom. The molecule has 0 aliphatic heterocycles. The highest BCUT2D eigenvalue weighted by Crippen LogP contribution is 2.22. The van der Waals surface area contributed by atoms with Crippen molar-refractivity contribution in [3.8, 4) is 0 Å². The molecule has 6 heteroatoms. The van der Waals surface area contributed by atoms with E-state index in [4.69, 9.17) is 0 Å². The Labute approximate surface area is 104 Å². The van der Waals surface area contributed by atoms with Crippen molar-refractivity contribution >= 4 is 15.5 Å². The van der Waals surface area contributed by atoms with Gasteiger partial charge in [-0.2, -0.15) is 8.78 Å². The van der Waals surface area contributed by atoms with Crippen molar-refractivity contribution in [3.05, 3.63) is 36.4 Å². The molecule has 98 valence electrons. The summed E-state index contributed by atoms with van der Waals surface area (Å²) < 4.78 is 47.0. The van der Waals surface area contributed by atoms with Crippen LogP contribution in [0.1, 0.15) is 12.8 Å². The molecule has 0 fully saturated rings. The minimum absolute atomic E-state index is 0.294. The van der Waals surface area contributed by atoms with Gasteiger partial charge < -0.3 is 5.32 Å². The van der Waals surface area contributed by atoms with Crippen molar-refractivity contribution in [1.82, 2.24) is 0 Å². The molecule has 2 rings (SSSR count). The summed E-state index contributed by atoms with van der Waals surface area (Å²) in [6, 6.07) is 5.71. The minimum atomic E-state index is -4.49. The van der Waals surface area contributed by atoms with Crippen molar-refractivity contribution in [3.63, 3.8) is 0 Å². The largest absolute Gasteiger partial charge is 0.382 e. The Morgan fingerprint density at radius 1 is 1.11 bits per heavy atom. The Balaban J connectivity index is 2.10. The van der Waals surface area contributed by atoms with E-state index in [1.54, 1.807) is 0 Å². The Hall–Kier alpha value is -1.43. The lowest BCUT2D eigenvalue weighted by Crippen LogP contribution is -2.15. The first-order valence-electron chi connectivity index (χ1n) is 5.54. The van der Waals surface area contributed by atoms with Crippen LogP contribution >= 0.6 is 0 Å². The smallest absolute Gasteiger partial charge is 0.341 e. The number of hydrogen-bond acceptors (Lipinski definition) is 3. The zero-order valence-corrected chi connectivity index (χ0v) is 10.3. The van der Waals surface area contributed by atoms with Gasteiger partial charge in [-0.15, -0.1) is 0 Å². The molecule has 0 heterocycles. The second kappa shape index (κ2) is 5.06. The highest BCUT2D eigenvalue weighted by Gasteiger charge is 2.26. The van der Waals surface area contributed by atoms with Gasteiger partial charge in [0, 0.05) is 11.7 Å². The first kappa shape index (κ1) is 13.0. The van der Waals surface area contributed by atoms with E-state index in [0.29, 0.717) is 6.04 Å². The SMILES string of the molecule is O=S(=O)(c1ccc(NC2CC=CC2)cc1)C(F)F. The number of hydrogen-bond donors (Lipinski definition) is 1. The molecule has 1 N–H and O–H groups in total. The minimum Gasteiger partial charge on any atom is -0.382 e. The van der Waals surface area contributed by atoms with Gasteiger partial charge in [0.1, 0.15) is 0 Å². The molecule has 0 saturated heterocycles. The molecular weight excluding hydrogens is 260 g/mol. The van der Waals surface area contributed by atoms with Crippen molar-refractivity contribution in [2.75, 3.05) is 5.32 Å². The van der Waals surface area contributed by atoms with Crippen LogP contribution in [0.5, 0.6) is 0 Å². The lowest BCUT2D eigenvalue weighted by molar-refractivity contribution is 0.234. The van der Waals surface area contributed by atoms with Gasteiger partial charge in [-0.3, -0.25) is 0 Å². The first-order chi connectivity index (χ1) is 8.50. The Bertz CT molecular complexity index is 530. The number of rotatable bonds is 4. The van der Waals surface area contributed by atoms with Crippen LogP contribution < -0.4 is 5.32 Å². The lowest BCUT2D eigenvalue weighted by atomic mass is 10.2. The maximum absolute atomic E-state index is 12.3. The predicted octanol–water partition coefficient (Wildman–Crippen LogP) is 2.81. The topological polar surface area (TPSA) is 46.2 Å². The van der Waals surface area contributed by atoms with Gasteiger partial charge in [-0.25, -0.2) is 8.42 Å². The summed E-state index contributed by atoms with van der Waals surface area (Å²) in [5, 5.41) is 3.20. The van der Waals surface area contributed by atoms with Gasteiger partial charge in [-0.05, 0) is 37.1 Å². The molecule has 1 aromatic carbocycles. The van der Waals surface area contributed by atoms with Crippen LogP contribution in [0, 0.1) is 0 Å². The fraction of sp³-hybridized carbons (Fsp3) is 0.333. The van der Waals surface area contributed by atoms with Crippen LogP contribution in [0.25, 0.3) is 0 Å². The first-order valence-corrected chi connectivity index (χ1v) is 7.08. The maximum atomic E-state index is 12.3. The third-order valence-electron chi connectivity index (χ3n) is 2.80. The van der Waals surface area contributed by atoms with E-state index < -0.39 is 15.6 Å². The standard InChI is InChI=1S/C12H13F2NO2S/c13-12(14)18(16,17)11-7-5-10(6-8-11)15-9-3-1-2-4-9/h1-2,5-9,12,15H,3-4H2. The number of halogens is 2. The van der Waals surface area contributed by atoms with E-state index in [1.165, 1.54) is 24.3 Å². The third kappa shape index (κ3) is 2.69. The van der Waals surface area contributed by atoms with Gasteiger partial charge in [0.2, 0.25) is 9.84 Å². The van der Waals surface area contributed by atoms with Gasteiger partial charge in [0.05, 0.1) is 4.90 Å². The molecule has 0 bridgehead atoms. The van der Waals surface area contributed by atoms with Crippen LogP contribution in [0.4, 0.5) is 14.5 Å². The highest BCUT2D eigenvalue weighted by atomic mass is 32.2. The molecule has 0 amide bonds. The molecule has 0 unspecified atom stereocenters. The second-order valence-corrected chi connectivity index (χ2v) is 6.03. The fourth-order valence-electron chi connectivity index (χ4n) is 1.81. The molecule has 3 nitrogen and oxygen atoms in total. The van der Waals surface area contributed by atoms with Gasteiger partial charge in [0.25, 0.3) is 0 Å². The van der Waals surface area contributed by atoms with Crippen molar-refractivity contribution in [1.29, 1.82) is 0 Å². The number of benzene rings is 1. The van der Waals surface area contributed by atoms with Gasteiger partial charge in [-0.1, -0.05) is 12.2 Å². The summed E-state index contributed by atoms with van der Waals surface area (Å²) >= 11 is 0. The Kier molecular flexibility index (Phi) is 3.65. The van der Waals surface area contributed by atoms with E-state index in [1.807, 2.05) is 0 Å². The van der Waals surface area contributed by atoms with E-state index in [2.05, 4.69) is 17.5 Å². The summed E-state index contributed by atoms with van der Waals surface area (Å²) in [4.78, 5) is -0.354. The van der Waals surface area contributed by atoms with Crippen LogP contribution in [0.15, 0.2) is 41.3 Å². The zero-order valence-electron chi connectivity index (χ0n) is 9.51. The normalized spacial score (nSPS) is 16.4. The molecule has 0 aromatic heterocycles. The Morgan fingerprint density at radius 2 is 1.67 bits per heavy atom. The number of nitrogens with one attached hydrogen (secondary N) is 1. The average molecular weight is 273 g/mol. The van der Waals surface area contributed by atoms with E-state index in [0.717, 1.165) is 18.5 Å². The summed E-state index contributed by atoms with van der Waals surface area (Å²) in [6.45, 7) is 0. The molecule has 1 aliphatic rings. The van der Waals surface area contributed by atoms with E-state index in [9.17, 15) is 17.2 Å². The van der Waals surface area contributed by atoms with Crippen LogP contribution in [-0.2, 0) is 9.84 Å². The second-order valence-electron chi connectivity index (χ2n) is 4.11. The van der Waals surface area contributed by atoms with Crippen LogP contribution in [-0.4, -0.2) is 20.2 Å². The monoisotopic (exact) mass is 273 g/mol. The summed E-state index contributed by atoms with van der Waals surface area (Å²) in [7, 11) is -4.49. The average Bonchev–Trinajstić information content (AvgIpc) is 2.82. The number of anilines is 1. The van der Waals surface area contributed by atoms with Crippen LogP contribution in [0.2, 0.25) is 0 Å². The fourth-order valence-corrected chi connectivity index (χ4v) is 2.54. The number of alkyl halides is 2. The van der Waals surface area contributed by atoms with Crippen LogP contribution in [0.3, 0.4) is 0 Å². The summed E-state index contributed by atoms with van der Waals surface area (Å²) in [5.74, 6) is -3.38. The molecule has 1 aliphatic carbocycles. The third-order valence-corrected chi connectivity index (χ3v) is 4.19. The highest BCUT2D eigenvalue weighted by molar-refractivity contribution is 7.91. The predicted molar refractivity (Wildman–Crippen MR) is 65.4 cm³/mol. The van der Waals surface area contributed by atoms with E-state index >= 15 is 0 Å². The van der Waals surface area contributed by atoms with E-state index in [-0.39, 0.29) is 4.90 Å². The molecular formula is C12H13F2NO2S. The lowest BCUT2D eigenvalue weighted by Gasteiger charge is -2.13. The quantitative estimate of drug-likeness (QED) is 0.858. The summed E-state index contributed by atoms with van der Waals surface area (Å²) in [6.07, 6.45) is 5.95. The van der Waals surface area contributed by atoms with Crippen molar-refractivity contribution < 1.29 is 17.2 Å². The molecule has 0 saturated carbocycles. The molecule has 1 aromatic rings. The van der Waals surface area contributed by atoms with Crippen molar-refractivity contribution in [2.45, 2.75) is 29.5 Å². The van der Waals surface area contributed by atoms with Gasteiger partial charge >= 0.3 is 5.76 Å².